The average Bonchev–Trinajstić information content (AvgIpc) is 3.17. The maximum atomic E-state index is 12.0. The molecule has 130 valence electrons. The molecule has 0 saturated heterocycles. The zero-order valence-electron chi connectivity index (χ0n) is 13.6. The van der Waals surface area contributed by atoms with Crippen LogP contribution in [-0.2, 0) is 15.3 Å². The summed E-state index contributed by atoms with van der Waals surface area (Å²) in [5.74, 6) is 0.439. The van der Waals surface area contributed by atoms with Crippen molar-refractivity contribution in [2.75, 3.05) is 5.75 Å². The van der Waals surface area contributed by atoms with Gasteiger partial charge in [-0.05, 0) is 24.8 Å². The summed E-state index contributed by atoms with van der Waals surface area (Å²) in [6.07, 6.45) is 0.469. The lowest BCUT2D eigenvalue weighted by molar-refractivity contribution is -0.138. The van der Waals surface area contributed by atoms with Crippen LogP contribution in [0.25, 0.3) is 10.6 Å². The molecule has 1 atom stereocenters. The van der Waals surface area contributed by atoms with Crippen LogP contribution in [-0.4, -0.2) is 33.4 Å². The SMILES string of the molecule is CC[C@](C)(CC(=O)O)NC(=O)CSCc1cc(-c2cccs2)on1. The van der Waals surface area contributed by atoms with E-state index in [1.807, 2.05) is 30.5 Å². The summed E-state index contributed by atoms with van der Waals surface area (Å²) >= 11 is 3.00. The van der Waals surface area contributed by atoms with E-state index in [2.05, 4.69) is 10.5 Å². The lowest BCUT2D eigenvalue weighted by Gasteiger charge is -2.27. The van der Waals surface area contributed by atoms with Gasteiger partial charge in [0, 0.05) is 17.4 Å². The predicted molar refractivity (Wildman–Crippen MR) is 95.1 cm³/mol. The molecular formula is C16H20N2O4S2. The first-order chi connectivity index (χ1) is 11.4. The fourth-order valence-electron chi connectivity index (χ4n) is 2.13. The molecule has 0 fully saturated rings. The second-order valence-corrected chi connectivity index (χ2v) is 7.62. The van der Waals surface area contributed by atoms with Gasteiger partial charge in [0.05, 0.1) is 22.7 Å². The number of thiophene rings is 1. The van der Waals surface area contributed by atoms with Crippen molar-refractivity contribution < 1.29 is 19.2 Å². The fraction of sp³-hybridized carbons (Fsp3) is 0.438. The topological polar surface area (TPSA) is 92.4 Å². The number of amides is 1. The van der Waals surface area contributed by atoms with Gasteiger partial charge < -0.3 is 14.9 Å². The molecule has 6 nitrogen and oxygen atoms in total. The van der Waals surface area contributed by atoms with E-state index in [-0.39, 0.29) is 18.1 Å². The first kappa shape index (κ1) is 18.5. The second-order valence-electron chi connectivity index (χ2n) is 5.69. The van der Waals surface area contributed by atoms with Crippen molar-refractivity contribution >= 4 is 35.0 Å². The lowest BCUT2D eigenvalue weighted by atomic mass is 9.94. The molecule has 8 heteroatoms. The Hall–Kier alpha value is -1.80. The van der Waals surface area contributed by atoms with Gasteiger partial charge in [0.15, 0.2) is 5.76 Å². The minimum atomic E-state index is -0.920. The highest BCUT2D eigenvalue weighted by atomic mass is 32.2. The number of carboxylic acids is 1. The van der Waals surface area contributed by atoms with Gasteiger partial charge in [-0.2, -0.15) is 0 Å². The van der Waals surface area contributed by atoms with Crippen LogP contribution < -0.4 is 5.32 Å². The van der Waals surface area contributed by atoms with Crippen LogP contribution in [0.3, 0.4) is 0 Å². The fourth-order valence-corrected chi connectivity index (χ4v) is 3.51. The Bertz CT molecular complexity index is 684. The zero-order chi connectivity index (χ0) is 17.6. The van der Waals surface area contributed by atoms with E-state index in [4.69, 9.17) is 9.63 Å². The maximum absolute atomic E-state index is 12.0. The molecule has 0 bridgehead atoms. The zero-order valence-corrected chi connectivity index (χ0v) is 15.2. The number of hydrogen-bond acceptors (Lipinski definition) is 6. The largest absolute Gasteiger partial charge is 0.481 e. The minimum absolute atomic E-state index is 0.0899. The van der Waals surface area contributed by atoms with E-state index in [0.29, 0.717) is 12.2 Å². The van der Waals surface area contributed by atoms with Gasteiger partial charge in [0.1, 0.15) is 0 Å². The van der Waals surface area contributed by atoms with Crippen LogP contribution >= 0.6 is 23.1 Å². The van der Waals surface area contributed by atoms with Gasteiger partial charge in [0.2, 0.25) is 5.91 Å². The van der Waals surface area contributed by atoms with Crippen molar-refractivity contribution in [2.45, 2.75) is 38.0 Å². The summed E-state index contributed by atoms with van der Waals surface area (Å²) in [7, 11) is 0. The smallest absolute Gasteiger partial charge is 0.305 e. The molecular weight excluding hydrogens is 348 g/mol. The third kappa shape index (κ3) is 5.38. The standard InChI is InChI=1S/C16H20N2O4S2/c1-3-16(2,8-15(20)21)17-14(19)10-23-9-11-7-12(22-18-11)13-5-4-6-24-13/h4-7H,3,8-10H2,1-2H3,(H,17,19)(H,20,21)/t16-/m1/s1. The van der Waals surface area contributed by atoms with Gasteiger partial charge in [-0.3, -0.25) is 9.59 Å². The lowest BCUT2D eigenvalue weighted by Crippen LogP contribution is -2.47. The second kappa shape index (κ2) is 8.34. The Balaban J connectivity index is 1.79. The first-order valence-corrected chi connectivity index (χ1v) is 9.55. The van der Waals surface area contributed by atoms with Gasteiger partial charge in [0.25, 0.3) is 0 Å². The van der Waals surface area contributed by atoms with E-state index in [1.165, 1.54) is 11.8 Å². The van der Waals surface area contributed by atoms with Crippen molar-refractivity contribution in [3.63, 3.8) is 0 Å². The molecule has 0 unspecified atom stereocenters. The highest BCUT2D eigenvalue weighted by Gasteiger charge is 2.27. The monoisotopic (exact) mass is 368 g/mol. The molecule has 24 heavy (non-hydrogen) atoms. The number of aliphatic carboxylic acids is 1. The van der Waals surface area contributed by atoms with Gasteiger partial charge in [-0.1, -0.05) is 18.1 Å². The normalized spacial score (nSPS) is 13.4. The molecule has 0 aromatic carbocycles. The predicted octanol–water partition coefficient (Wildman–Crippen LogP) is 3.40. The molecule has 0 aliphatic carbocycles. The summed E-state index contributed by atoms with van der Waals surface area (Å²) in [6.45, 7) is 3.60. The third-order valence-electron chi connectivity index (χ3n) is 3.57. The van der Waals surface area contributed by atoms with Crippen molar-refractivity contribution in [3.8, 4) is 10.6 Å². The van der Waals surface area contributed by atoms with Gasteiger partial charge in [-0.15, -0.1) is 23.1 Å². The molecule has 0 radical (unpaired) electrons. The van der Waals surface area contributed by atoms with Crippen molar-refractivity contribution in [1.29, 1.82) is 0 Å². The maximum Gasteiger partial charge on any atom is 0.305 e. The Morgan fingerprint density at radius 1 is 1.50 bits per heavy atom. The first-order valence-electron chi connectivity index (χ1n) is 7.52. The van der Waals surface area contributed by atoms with Crippen LogP contribution in [0.15, 0.2) is 28.1 Å². The highest BCUT2D eigenvalue weighted by molar-refractivity contribution is 7.99. The minimum Gasteiger partial charge on any atom is -0.481 e. The van der Waals surface area contributed by atoms with Gasteiger partial charge >= 0.3 is 5.97 Å². The molecule has 0 aliphatic heterocycles. The molecule has 0 saturated carbocycles. The molecule has 2 rings (SSSR count). The number of nitrogens with zero attached hydrogens (tertiary/aromatic N) is 1. The Morgan fingerprint density at radius 3 is 2.92 bits per heavy atom. The van der Waals surface area contributed by atoms with E-state index < -0.39 is 11.5 Å². The Morgan fingerprint density at radius 2 is 2.29 bits per heavy atom. The number of nitrogens with one attached hydrogen (secondary N) is 1. The van der Waals surface area contributed by atoms with Crippen LogP contribution in [0.2, 0.25) is 0 Å². The summed E-state index contributed by atoms with van der Waals surface area (Å²) in [5, 5.41) is 17.7. The number of aromatic nitrogens is 1. The van der Waals surface area contributed by atoms with Crippen molar-refractivity contribution in [2.24, 2.45) is 0 Å². The van der Waals surface area contributed by atoms with Crippen molar-refractivity contribution in [3.05, 3.63) is 29.3 Å². The molecule has 2 heterocycles. The van der Waals surface area contributed by atoms with E-state index in [0.717, 1.165) is 16.3 Å². The van der Waals surface area contributed by atoms with Crippen LogP contribution in [0.4, 0.5) is 0 Å². The number of carbonyl (C=O) groups is 2. The van der Waals surface area contributed by atoms with Crippen LogP contribution in [0.5, 0.6) is 0 Å². The molecule has 0 aliphatic rings. The van der Waals surface area contributed by atoms with E-state index >= 15 is 0 Å². The summed E-state index contributed by atoms with van der Waals surface area (Å²) in [4.78, 5) is 23.9. The molecule has 0 spiro atoms. The molecule has 2 aromatic rings. The average molecular weight is 368 g/mol. The number of thioether (sulfide) groups is 1. The van der Waals surface area contributed by atoms with Gasteiger partial charge in [-0.25, -0.2) is 0 Å². The number of rotatable bonds is 9. The number of carboxylic acid groups (broad SMARTS) is 1. The summed E-state index contributed by atoms with van der Waals surface area (Å²) < 4.78 is 5.29. The summed E-state index contributed by atoms with van der Waals surface area (Å²) in [6, 6.07) is 5.78. The van der Waals surface area contributed by atoms with Crippen LogP contribution in [0.1, 0.15) is 32.4 Å². The quantitative estimate of drug-likeness (QED) is 0.705. The summed E-state index contributed by atoms with van der Waals surface area (Å²) in [5.41, 5.74) is 0.0592. The highest BCUT2D eigenvalue weighted by Crippen LogP contribution is 2.26. The Kier molecular flexibility index (Phi) is 6.44. The molecule has 1 amide bonds. The number of carbonyl (C=O) groups excluding carboxylic acids is 1. The van der Waals surface area contributed by atoms with E-state index in [1.54, 1.807) is 18.3 Å². The third-order valence-corrected chi connectivity index (χ3v) is 5.42. The number of hydrogen-bond donors (Lipinski definition) is 2. The Labute approximate surface area is 148 Å². The molecule has 2 aromatic heterocycles. The molecule has 2 N–H and O–H groups in total. The van der Waals surface area contributed by atoms with E-state index in [9.17, 15) is 9.59 Å². The van der Waals surface area contributed by atoms with Crippen molar-refractivity contribution in [1.82, 2.24) is 10.5 Å². The van der Waals surface area contributed by atoms with Crippen LogP contribution in [0, 0.1) is 0 Å².